The fraction of sp³-hybridized carbons (Fsp3) is 1.00. The van der Waals surface area contributed by atoms with Crippen LogP contribution < -0.4 is 5.06 Å². The SMILES string of the molecule is C[C@@H]1O[C@@H](O[N+](C)C)[C@H](O)[C@@H](O)[C@H]1O. The summed E-state index contributed by atoms with van der Waals surface area (Å²) >= 11 is 0. The van der Waals surface area contributed by atoms with Crippen molar-refractivity contribution >= 4 is 0 Å². The Kier molecular flexibility index (Phi) is 3.82. The number of aliphatic hydroxyl groups excluding tert-OH is 3. The van der Waals surface area contributed by atoms with Gasteiger partial charge in [0.1, 0.15) is 32.4 Å². The highest BCUT2D eigenvalue weighted by Gasteiger charge is 2.44. The van der Waals surface area contributed by atoms with Crippen molar-refractivity contribution in [2.45, 2.75) is 37.6 Å². The van der Waals surface area contributed by atoms with Crippen LogP contribution in [0.5, 0.6) is 0 Å². The molecule has 0 aromatic heterocycles. The van der Waals surface area contributed by atoms with Crippen LogP contribution in [0.15, 0.2) is 0 Å². The summed E-state index contributed by atoms with van der Waals surface area (Å²) in [4.78, 5) is 5.08. The number of aliphatic hydroxyl groups is 3. The van der Waals surface area contributed by atoms with Gasteiger partial charge in [-0.25, -0.2) is 0 Å². The Morgan fingerprint density at radius 1 is 1.07 bits per heavy atom. The molecular formula is C8H17NO5+. The third-order valence-electron chi connectivity index (χ3n) is 2.12. The van der Waals surface area contributed by atoms with Crippen molar-refractivity contribution in [1.82, 2.24) is 5.06 Å². The molecule has 0 aromatic carbocycles. The zero-order valence-electron chi connectivity index (χ0n) is 8.49. The lowest BCUT2D eigenvalue weighted by Crippen LogP contribution is -2.58. The van der Waals surface area contributed by atoms with E-state index in [1.165, 1.54) is 5.06 Å². The average molecular weight is 207 g/mol. The molecule has 0 spiro atoms. The zero-order chi connectivity index (χ0) is 10.9. The van der Waals surface area contributed by atoms with E-state index >= 15 is 0 Å². The van der Waals surface area contributed by atoms with E-state index in [0.717, 1.165) is 0 Å². The van der Waals surface area contributed by atoms with Crippen LogP contribution in [-0.2, 0) is 9.57 Å². The number of hydrogen-bond acceptors (Lipinski definition) is 6. The Morgan fingerprint density at radius 3 is 2.14 bits per heavy atom. The van der Waals surface area contributed by atoms with Crippen molar-refractivity contribution in [3.05, 3.63) is 0 Å². The summed E-state index contributed by atoms with van der Waals surface area (Å²) in [5, 5.41) is 29.6. The lowest BCUT2D eigenvalue weighted by atomic mass is 10.0. The smallest absolute Gasteiger partial charge is 0.251 e. The Bertz CT molecular complexity index is 189. The highest BCUT2D eigenvalue weighted by atomic mass is 16.8. The molecule has 1 heterocycles. The topological polar surface area (TPSA) is 85.1 Å². The van der Waals surface area contributed by atoms with Gasteiger partial charge in [0.15, 0.2) is 0 Å². The first-order valence-electron chi connectivity index (χ1n) is 4.47. The molecule has 14 heavy (non-hydrogen) atoms. The van der Waals surface area contributed by atoms with Gasteiger partial charge in [-0.15, -0.1) is 4.84 Å². The molecule has 1 fully saturated rings. The summed E-state index contributed by atoms with van der Waals surface area (Å²) in [7, 11) is 3.27. The van der Waals surface area contributed by atoms with Gasteiger partial charge in [-0.1, -0.05) is 0 Å². The third-order valence-corrected chi connectivity index (χ3v) is 2.12. The van der Waals surface area contributed by atoms with Crippen LogP contribution in [0.25, 0.3) is 0 Å². The van der Waals surface area contributed by atoms with Crippen LogP contribution in [0.1, 0.15) is 6.92 Å². The Hall–Kier alpha value is -0.240. The van der Waals surface area contributed by atoms with Crippen molar-refractivity contribution in [1.29, 1.82) is 0 Å². The molecule has 0 saturated carbocycles. The lowest BCUT2D eigenvalue weighted by molar-refractivity contribution is -0.324. The van der Waals surface area contributed by atoms with E-state index in [1.807, 2.05) is 0 Å². The minimum Gasteiger partial charge on any atom is -0.388 e. The summed E-state index contributed by atoms with van der Waals surface area (Å²) in [5.74, 6) is 0. The van der Waals surface area contributed by atoms with E-state index in [1.54, 1.807) is 21.0 Å². The summed E-state index contributed by atoms with van der Waals surface area (Å²) in [6, 6.07) is 0. The molecule has 6 heteroatoms. The van der Waals surface area contributed by atoms with Gasteiger partial charge in [-0.05, 0) is 12.0 Å². The summed E-state index contributed by atoms with van der Waals surface area (Å²) < 4.78 is 5.17. The van der Waals surface area contributed by atoms with E-state index in [9.17, 15) is 15.3 Å². The molecule has 6 nitrogen and oxygen atoms in total. The number of nitrogens with zero attached hydrogens (tertiary/aromatic N) is 1. The van der Waals surface area contributed by atoms with E-state index in [-0.39, 0.29) is 0 Å². The molecular weight excluding hydrogens is 190 g/mol. The maximum Gasteiger partial charge on any atom is 0.251 e. The van der Waals surface area contributed by atoms with E-state index in [0.29, 0.717) is 0 Å². The third kappa shape index (κ3) is 2.41. The van der Waals surface area contributed by atoms with Gasteiger partial charge in [0.05, 0.1) is 6.10 Å². The molecule has 1 radical (unpaired) electrons. The fourth-order valence-corrected chi connectivity index (χ4v) is 1.31. The largest absolute Gasteiger partial charge is 0.388 e. The highest BCUT2D eigenvalue weighted by Crippen LogP contribution is 2.21. The minimum atomic E-state index is -1.25. The van der Waals surface area contributed by atoms with Crippen LogP contribution >= 0.6 is 0 Å². The molecule has 1 saturated heterocycles. The monoisotopic (exact) mass is 207 g/mol. The first-order chi connectivity index (χ1) is 6.43. The zero-order valence-corrected chi connectivity index (χ0v) is 8.49. The van der Waals surface area contributed by atoms with Gasteiger partial charge < -0.3 is 20.1 Å². The first-order valence-corrected chi connectivity index (χ1v) is 4.47. The van der Waals surface area contributed by atoms with Crippen LogP contribution in [-0.4, -0.2) is 60.1 Å². The standard InChI is InChI=1S/C8H17NO5/c1-4-5(10)6(11)7(12)8(13-4)14-9(2)3/h4-8,10-12H,1-3H3/q+1/t4-,5-,6-,7+,8-/m0/s1. The van der Waals surface area contributed by atoms with Gasteiger partial charge in [0.2, 0.25) is 0 Å². The van der Waals surface area contributed by atoms with E-state index < -0.39 is 30.7 Å². The molecule has 1 aliphatic rings. The minimum absolute atomic E-state index is 0.571. The molecule has 5 atom stereocenters. The van der Waals surface area contributed by atoms with Gasteiger partial charge in [-0.2, -0.15) is 0 Å². The molecule has 0 amide bonds. The van der Waals surface area contributed by atoms with Gasteiger partial charge in [0.25, 0.3) is 6.29 Å². The first kappa shape index (κ1) is 11.8. The van der Waals surface area contributed by atoms with Gasteiger partial charge >= 0.3 is 0 Å². The highest BCUT2D eigenvalue weighted by molar-refractivity contribution is 4.86. The van der Waals surface area contributed by atoms with Gasteiger partial charge in [-0.3, -0.25) is 0 Å². The Balaban J connectivity index is 2.60. The predicted molar refractivity (Wildman–Crippen MR) is 47.4 cm³/mol. The maximum absolute atomic E-state index is 9.49. The summed E-state index contributed by atoms with van der Waals surface area (Å²) in [6.07, 6.45) is -5.10. The number of hydrogen-bond donors (Lipinski definition) is 3. The van der Waals surface area contributed by atoms with Crippen LogP contribution in [0, 0.1) is 0 Å². The number of hydroxylamine groups is 2. The number of ether oxygens (including phenoxy) is 1. The van der Waals surface area contributed by atoms with Crippen LogP contribution in [0.4, 0.5) is 0 Å². The summed E-state index contributed by atoms with van der Waals surface area (Å²) in [6.45, 7) is 1.60. The second kappa shape index (κ2) is 4.52. The van der Waals surface area contributed by atoms with Crippen molar-refractivity contribution < 1.29 is 24.9 Å². The Morgan fingerprint density at radius 2 is 1.64 bits per heavy atom. The molecule has 0 unspecified atom stereocenters. The molecule has 83 valence electrons. The normalized spacial score (nSPS) is 44.4. The fourth-order valence-electron chi connectivity index (χ4n) is 1.31. The van der Waals surface area contributed by atoms with E-state index in [2.05, 4.69) is 0 Å². The van der Waals surface area contributed by atoms with E-state index in [4.69, 9.17) is 9.57 Å². The van der Waals surface area contributed by atoms with Crippen LogP contribution in [0.2, 0.25) is 0 Å². The quantitative estimate of drug-likeness (QED) is 0.365. The molecule has 0 aliphatic carbocycles. The molecule has 1 rings (SSSR count). The van der Waals surface area contributed by atoms with Crippen molar-refractivity contribution in [3.8, 4) is 0 Å². The molecule has 0 aromatic rings. The van der Waals surface area contributed by atoms with Crippen molar-refractivity contribution in [3.63, 3.8) is 0 Å². The summed E-state index contributed by atoms with van der Waals surface area (Å²) in [5.41, 5.74) is 0. The van der Waals surface area contributed by atoms with Crippen molar-refractivity contribution in [2.75, 3.05) is 14.1 Å². The molecule has 0 bridgehead atoms. The average Bonchev–Trinajstić information content (AvgIpc) is 2.10. The second-order valence-corrected chi connectivity index (χ2v) is 3.60. The molecule has 3 N–H and O–H groups in total. The second-order valence-electron chi connectivity index (χ2n) is 3.60. The maximum atomic E-state index is 9.49. The molecule has 1 aliphatic heterocycles. The lowest BCUT2D eigenvalue weighted by Gasteiger charge is -2.37. The number of rotatable bonds is 2. The van der Waals surface area contributed by atoms with Gasteiger partial charge in [0, 0.05) is 0 Å². The predicted octanol–water partition coefficient (Wildman–Crippen LogP) is -1.85. The van der Waals surface area contributed by atoms with Crippen LogP contribution in [0.3, 0.4) is 0 Å². The van der Waals surface area contributed by atoms with Crippen molar-refractivity contribution in [2.24, 2.45) is 0 Å². The Labute approximate surface area is 82.6 Å².